The number of hydrogen-bond acceptors (Lipinski definition) is 8. The lowest BCUT2D eigenvalue weighted by Gasteiger charge is -2.33. The Morgan fingerprint density at radius 2 is 1.71 bits per heavy atom. The Morgan fingerprint density at radius 1 is 1.08 bits per heavy atom. The summed E-state index contributed by atoms with van der Waals surface area (Å²) >= 11 is 1.49. The van der Waals surface area contributed by atoms with Gasteiger partial charge in [-0.2, -0.15) is 11.8 Å². The molecular formula is C25H41N7O5S. The van der Waals surface area contributed by atoms with Gasteiger partial charge in [-0.1, -0.05) is 30.3 Å². The number of carbonyl (C=O) groups excluding carboxylic acids is 4. The molecule has 13 heteroatoms. The van der Waals surface area contributed by atoms with Crippen molar-refractivity contribution >= 4 is 41.5 Å². The first kappa shape index (κ1) is 32.7. The van der Waals surface area contributed by atoms with Gasteiger partial charge in [-0.15, -0.1) is 0 Å². The summed E-state index contributed by atoms with van der Waals surface area (Å²) < 4.78 is 5.47. The predicted octanol–water partition coefficient (Wildman–Crippen LogP) is 0.466. The minimum atomic E-state index is -1.36. The summed E-state index contributed by atoms with van der Waals surface area (Å²) in [6.45, 7) is 5.05. The third-order valence-corrected chi connectivity index (χ3v) is 5.91. The van der Waals surface area contributed by atoms with Crippen molar-refractivity contribution in [2.45, 2.75) is 70.2 Å². The molecule has 0 fully saturated rings. The maximum absolute atomic E-state index is 13.6. The number of nitrogens with two attached hydrogens (primary N) is 4. The normalized spacial score (nSPS) is 13.5. The topological polar surface area (TPSA) is 209 Å². The quantitative estimate of drug-likeness (QED) is 0.123. The van der Waals surface area contributed by atoms with Gasteiger partial charge in [0.25, 0.3) is 0 Å². The molecule has 0 aliphatic carbocycles. The van der Waals surface area contributed by atoms with Crippen LogP contribution in [-0.2, 0) is 25.5 Å². The number of imide groups is 1. The van der Waals surface area contributed by atoms with Gasteiger partial charge in [-0.05, 0) is 57.6 Å². The minimum absolute atomic E-state index is 0.0142. The number of primary amides is 1. The molecule has 38 heavy (non-hydrogen) atoms. The van der Waals surface area contributed by atoms with E-state index in [0.717, 1.165) is 10.5 Å². The van der Waals surface area contributed by atoms with Crippen molar-refractivity contribution in [2.24, 2.45) is 27.9 Å². The van der Waals surface area contributed by atoms with Crippen LogP contribution in [0.2, 0.25) is 0 Å². The number of rotatable bonds is 14. The highest BCUT2D eigenvalue weighted by Gasteiger charge is 2.40. The number of amides is 4. The molecule has 9 N–H and O–H groups in total. The molecule has 0 saturated carbocycles. The number of guanidine groups is 1. The van der Waals surface area contributed by atoms with Gasteiger partial charge >= 0.3 is 6.09 Å². The zero-order chi connectivity index (χ0) is 28.9. The van der Waals surface area contributed by atoms with E-state index in [1.165, 1.54) is 11.8 Å². The second-order valence-electron chi connectivity index (χ2n) is 9.69. The average molecular weight is 552 g/mol. The number of thioether (sulfide) groups is 1. The Labute approximate surface area is 228 Å². The van der Waals surface area contributed by atoms with E-state index >= 15 is 0 Å². The van der Waals surface area contributed by atoms with E-state index in [1.54, 1.807) is 45.0 Å². The maximum atomic E-state index is 13.6. The third-order valence-electron chi connectivity index (χ3n) is 5.26. The van der Waals surface area contributed by atoms with E-state index in [-0.39, 0.29) is 38.2 Å². The predicted molar refractivity (Wildman–Crippen MR) is 149 cm³/mol. The number of benzene rings is 1. The molecule has 4 amide bonds. The molecule has 1 aromatic carbocycles. The first-order valence-corrected chi connectivity index (χ1v) is 13.7. The number of aliphatic imine (C=N–C) groups is 1. The number of nitrogens with one attached hydrogen (secondary N) is 1. The van der Waals surface area contributed by atoms with Crippen molar-refractivity contribution in [1.29, 1.82) is 0 Å². The smallest absolute Gasteiger partial charge is 0.417 e. The fourth-order valence-electron chi connectivity index (χ4n) is 3.44. The molecule has 0 radical (unpaired) electrons. The van der Waals surface area contributed by atoms with Gasteiger partial charge in [0.1, 0.15) is 17.7 Å². The lowest BCUT2D eigenvalue weighted by molar-refractivity contribution is -0.141. The monoisotopic (exact) mass is 551 g/mol. The fraction of sp³-hybridized carbons (Fsp3) is 0.560. The number of nitrogens with zero attached hydrogens (tertiary/aromatic N) is 2. The van der Waals surface area contributed by atoms with E-state index in [2.05, 4.69) is 10.3 Å². The van der Waals surface area contributed by atoms with E-state index in [1.807, 2.05) is 12.3 Å². The molecule has 0 aliphatic heterocycles. The largest absolute Gasteiger partial charge is 0.443 e. The maximum Gasteiger partial charge on any atom is 0.417 e. The summed E-state index contributed by atoms with van der Waals surface area (Å²) in [5.41, 5.74) is 22.3. The van der Waals surface area contributed by atoms with Crippen LogP contribution in [-0.4, -0.2) is 77.0 Å². The summed E-state index contributed by atoms with van der Waals surface area (Å²) in [5, 5.41) is 2.60. The van der Waals surface area contributed by atoms with Gasteiger partial charge in [0, 0.05) is 13.0 Å². The van der Waals surface area contributed by atoms with Crippen LogP contribution in [0.3, 0.4) is 0 Å². The van der Waals surface area contributed by atoms with E-state index in [4.69, 9.17) is 27.7 Å². The van der Waals surface area contributed by atoms with Crippen molar-refractivity contribution in [1.82, 2.24) is 10.2 Å². The van der Waals surface area contributed by atoms with Gasteiger partial charge < -0.3 is 33.0 Å². The van der Waals surface area contributed by atoms with Crippen LogP contribution < -0.4 is 28.3 Å². The Hall–Kier alpha value is -3.32. The number of carbonyl (C=O) groups is 4. The molecule has 0 unspecified atom stereocenters. The molecule has 0 aliphatic rings. The second-order valence-corrected chi connectivity index (χ2v) is 10.7. The average Bonchev–Trinajstić information content (AvgIpc) is 2.82. The molecule has 0 aromatic heterocycles. The highest BCUT2D eigenvalue weighted by molar-refractivity contribution is 7.98. The van der Waals surface area contributed by atoms with Crippen LogP contribution in [0, 0.1) is 0 Å². The van der Waals surface area contributed by atoms with E-state index in [0.29, 0.717) is 5.75 Å². The Kier molecular flexibility index (Phi) is 13.6. The molecule has 0 heterocycles. The molecule has 1 rings (SSSR count). The van der Waals surface area contributed by atoms with Gasteiger partial charge in [-0.3, -0.25) is 19.4 Å². The fourth-order valence-corrected chi connectivity index (χ4v) is 3.93. The first-order chi connectivity index (χ1) is 17.8. The highest BCUT2D eigenvalue weighted by atomic mass is 32.2. The Bertz CT molecular complexity index is 965. The molecule has 3 atom stereocenters. The summed E-state index contributed by atoms with van der Waals surface area (Å²) in [6.07, 6.45) is 1.46. The second kappa shape index (κ2) is 15.8. The lowest BCUT2D eigenvalue weighted by atomic mass is 10.0. The minimum Gasteiger partial charge on any atom is -0.443 e. The van der Waals surface area contributed by atoms with Gasteiger partial charge in [0.15, 0.2) is 5.96 Å². The molecule has 0 bridgehead atoms. The number of hydrogen-bond donors (Lipinski definition) is 5. The van der Waals surface area contributed by atoms with E-state index < -0.39 is 47.5 Å². The molecule has 1 aromatic rings. The summed E-state index contributed by atoms with van der Waals surface area (Å²) in [5.74, 6) is -1.87. The summed E-state index contributed by atoms with van der Waals surface area (Å²) in [6, 6.07) is 5.47. The molecule has 212 valence electrons. The van der Waals surface area contributed by atoms with Crippen molar-refractivity contribution < 1.29 is 23.9 Å². The third kappa shape index (κ3) is 11.8. The van der Waals surface area contributed by atoms with Crippen LogP contribution in [0.4, 0.5) is 4.79 Å². The van der Waals surface area contributed by atoms with Crippen LogP contribution in [0.25, 0.3) is 0 Å². The standard InChI is InChI=1S/C25H41N7O5S/c1-25(2,3)37-24(36)32(22(35)17(26)12-14-38-4)19(11-8-13-30-23(28)29)21(34)31-18(20(27)33)15-16-9-6-5-7-10-16/h5-7,9-10,17-19H,8,11-15,26H2,1-4H3,(H2,27,33)(H,31,34)(H4,28,29,30)/t17-,18-,19-/m0/s1. The Morgan fingerprint density at radius 3 is 2.24 bits per heavy atom. The molecule has 0 saturated heterocycles. The number of ether oxygens (including phenoxy) is 1. The van der Waals surface area contributed by atoms with Gasteiger partial charge in [0.2, 0.25) is 17.7 Å². The molecular weight excluding hydrogens is 510 g/mol. The van der Waals surface area contributed by atoms with E-state index in [9.17, 15) is 19.2 Å². The van der Waals surface area contributed by atoms with Gasteiger partial charge in [-0.25, -0.2) is 9.69 Å². The van der Waals surface area contributed by atoms with Crippen molar-refractivity contribution in [3.8, 4) is 0 Å². The van der Waals surface area contributed by atoms with Crippen molar-refractivity contribution in [3.63, 3.8) is 0 Å². The highest BCUT2D eigenvalue weighted by Crippen LogP contribution is 2.18. The van der Waals surface area contributed by atoms with Crippen molar-refractivity contribution in [2.75, 3.05) is 18.6 Å². The zero-order valence-corrected chi connectivity index (χ0v) is 23.3. The first-order valence-electron chi connectivity index (χ1n) is 12.3. The van der Waals surface area contributed by atoms with Crippen LogP contribution in [0.1, 0.15) is 45.6 Å². The van der Waals surface area contributed by atoms with Crippen LogP contribution >= 0.6 is 11.8 Å². The molecule has 0 spiro atoms. The van der Waals surface area contributed by atoms with Gasteiger partial charge in [0.05, 0.1) is 6.04 Å². The molecule has 12 nitrogen and oxygen atoms in total. The SMILES string of the molecule is CSCC[C@H](N)C(=O)N(C(=O)OC(C)(C)C)[C@@H](CCCN=C(N)N)C(=O)N[C@@H](Cc1ccccc1)C(N)=O. The van der Waals surface area contributed by atoms with Crippen LogP contribution in [0.5, 0.6) is 0 Å². The van der Waals surface area contributed by atoms with Crippen molar-refractivity contribution in [3.05, 3.63) is 35.9 Å². The zero-order valence-electron chi connectivity index (χ0n) is 22.5. The Balaban J connectivity index is 3.37. The summed E-state index contributed by atoms with van der Waals surface area (Å²) in [7, 11) is 0. The lowest BCUT2D eigenvalue weighted by Crippen LogP contribution is -2.59. The van der Waals surface area contributed by atoms with Crippen LogP contribution in [0.15, 0.2) is 35.3 Å². The summed E-state index contributed by atoms with van der Waals surface area (Å²) in [4.78, 5) is 57.1.